The Labute approximate surface area is 115 Å². The fourth-order valence-electron chi connectivity index (χ4n) is 1.90. The van der Waals surface area contributed by atoms with E-state index < -0.39 is 0 Å². The van der Waals surface area contributed by atoms with Crippen molar-refractivity contribution < 1.29 is 4.74 Å². The number of nitrogens with one attached hydrogen (secondary N) is 1. The number of amidine groups is 1. The quantitative estimate of drug-likeness (QED) is 0.562. The van der Waals surface area contributed by atoms with Crippen LogP contribution in [0.1, 0.15) is 5.56 Å². The van der Waals surface area contributed by atoms with E-state index in [4.69, 9.17) is 15.9 Å². The third-order valence-electron chi connectivity index (χ3n) is 2.86. The number of fused-ring (bicyclic) bond motifs is 1. The van der Waals surface area contributed by atoms with Crippen molar-refractivity contribution in [3.63, 3.8) is 0 Å². The Morgan fingerprint density at radius 2 is 1.90 bits per heavy atom. The highest BCUT2D eigenvalue weighted by Crippen LogP contribution is 2.27. The van der Waals surface area contributed by atoms with Gasteiger partial charge >= 0.3 is 0 Å². The molecular weight excluding hydrogens is 252 g/mol. The molecule has 1 aromatic carbocycles. The van der Waals surface area contributed by atoms with Crippen molar-refractivity contribution in [1.82, 2.24) is 9.97 Å². The number of hydrogen-bond donors (Lipinski definition) is 2. The highest BCUT2D eigenvalue weighted by Gasteiger charge is 2.06. The first-order valence-electron chi connectivity index (χ1n) is 6.06. The van der Waals surface area contributed by atoms with Gasteiger partial charge in [0.15, 0.2) is 5.75 Å². The van der Waals surface area contributed by atoms with Gasteiger partial charge in [-0.2, -0.15) is 0 Å². The second-order valence-electron chi connectivity index (χ2n) is 4.23. The van der Waals surface area contributed by atoms with Gasteiger partial charge in [-0.1, -0.05) is 18.2 Å². The SMILES string of the molecule is N=C(N)c1ccnc(Oc2cccc3cccnc23)c1. The molecule has 0 spiro atoms. The minimum absolute atomic E-state index is 0.0201. The number of aromatic nitrogens is 2. The van der Waals surface area contributed by atoms with Gasteiger partial charge in [0, 0.05) is 29.4 Å². The number of para-hydroxylation sites is 1. The van der Waals surface area contributed by atoms with E-state index in [0.29, 0.717) is 17.2 Å². The smallest absolute Gasteiger partial charge is 0.220 e. The first-order valence-corrected chi connectivity index (χ1v) is 6.06. The normalized spacial score (nSPS) is 10.4. The van der Waals surface area contributed by atoms with Crippen molar-refractivity contribution in [2.75, 3.05) is 0 Å². The molecule has 0 fully saturated rings. The summed E-state index contributed by atoms with van der Waals surface area (Å²) in [4.78, 5) is 8.44. The second-order valence-corrected chi connectivity index (χ2v) is 4.23. The van der Waals surface area contributed by atoms with Crippen molar-refractivity contribution in [3.8, 4) is 11.6 Å². The van der Waals surface area contributed by atoms with Gasteiger partial charge < -0.3 is 10.5 Å². The van der Waals surface area contributed by atoms with Gasteiger partial charge in [0.25, 0.3) is 0 Å². The maximum atomic E-state index is 7.43. The Kier molecular flexibility index (Phi) is 3.01. The molecule has 0 aliphatic rings. The summed E-state index contributed by atoms with van der Waals surface area (Å²) >= 11 is 0. The topological polar surface area (TPSA) is 84.9 Å². The lowest BCUT2D eigenvalue weighted by Gasteiger charge is -2.08. The minimum atomic E-state index is -0.0201. The Morgan fingerprint density at radius 3 is 2.75 bits per heavy atom. The maximum absolute atomic E-state index is 7.43. The van der Waals surface area contributed by atoms with E-state index in [1.807, 2.05) is 30.3 Å². The van der Waals surface area contributed by atoms with Crippen molar-refractivity contribution in [1.29, 1.82) is 5.41 Å². The lowest BCUT2D eigenvalue weighted by Crippen LogP contribution is -2.11. The first kappa shape index (κ1) is 12.1. The molecule has 5 nitrogen and oxygen atoms in total. The summed E-state index contributed by atoms with van der Waals surface area (Å²) < 4.78 is 5.76. The summed E-state index contributed by atoms with van der Waals surface area (Å²) in [6.45, 7) is 0. The van der Waals surface area contributed by atoms with E-state index in [1.54, 1.807) is 24.5 Å². The third-order valence-corrected chi connectivity index (χ3v) is 2.86. The number of nitrogens with two attached hydrogens (primary N) is 1. The van der Waals surface area contributed by atoms with Crippen LogP contribution in [0.15, 0.2) is 54.9 Å². The molecule has 0 radical (unpaired) electrons. The highest BCUT2D eigenvalue weighted by atomic mass is 16.5. The number of hydrogen-bond acceptors (Lipinski definition) is 4. The number of nitrogens with zero attached hydrogens (tertiary/aromatic N) is 2. The lowest BCUT2D eigenvalue weighted by molar-refractivity contribution is 0.467. The molecule has 0 atom stereocenters. The van der Waals surface area contributed by atoms with E-state index in [9.17, 15) is 0 Å². The third kappa shape index (κ3) is 2.29. The Hall–Kier alpha value is -2.95. The summed E-state index contributed by atoms with van der Waals surface area (Å²) in [6.07, 6.45) is 3.28. The van der Waals surface area contributed by atoms with E-state index in [2.05, 4.69) is 9.97 Å². The van der Waals surface area contributed by atoms with E-state index in [1.165, 1.54) is 0 Å². The van der Waals surface area contributed by atoms with Gasteiger partial charge in [-0.05, 0) is 18.2 Å². The molecular formula is C15H12N4O. The van der Waals surface area contributed by atoms with Crippen LogP contribution in [0.5, 0.6) is 11.6 Å². The fraction of sp³-hybridized carbons (Fsp3) is 0. The summed E-state index contributed by atoms with van der Waals surface area (Å²) in [5.41, 5.74) is 6.80. The van der Waals surface area contributed by atoms with Gasteiger partial charge in [-0.25, -0.2) is 4.98 Å². The second kappa shape index (κ2) is 4.97. The molecule has 5 heteroatoms. The van der Waals surface area contributed by atoms with Crippen LogP contribution < -0.4 is 10.5 Å². The molecule has 0 bridgehead atoms. The molecule has 0 aliphatic carbocycles. The molecule has 3 aromatic rings. The largest absolute Gasteiger partial charge is 0.437 e. The standard InChI is InChI=1S/C15H12N4O/c16-15(17)11-6-8-18-13(9-11)20-12-5-1-3-10-4-2-7-19-14(10)12/h1-9H,(H3,16,17). The first-order chi connectivity index (χ1) is 9.74. The van der Waals surface area contributed by atoms with Gasteiger partial charge in [0.05, 0.1) is 0 Å². The van der Waals surface area contributed by atoms with Crippen LogP contribution >= 0.6 is 0 Å². The molecule has 98 valence electrons. The number of pyridine rings is 2. The molecule has 20 heavy (non-hydrogen) atoms. The van der Waals surface area contributed by atoms with Crippen LogP contribution in [0.4, 0.5) is 0 Å². The molecule has 2 heterocycles. The van der Waals surface area contributed by atoms with E-state index >= 15 is 0 Å². The number of benzene rings is 1. The molecule has 0 amide bonds. The number of nitrogen functional groups attached to an aromatic ring is 1. The van der Waals surface area contributed by atoms with Gasteiger partial charge in [0.2, 0.25) is 5.88 Å². The summed E-state index contributed by atoms with van der Waals surface area (Å²) in [5, 5.41) is 8.42. The predicted molar refractivity (Wildman–Crippen MR) is 77.1 cm³/mol. The molecule has 3 rings (SSSR count). The highest BCUT2D eigenvalue weighted by molar-refractivity contribution is 5.95. The Balaban J connectivity index is 2.01. The van der Waals surface area contributed by atoms with Crippen LogP contribution in [-0.2, 0) is 0 Å². The van der Waals surface area contributed by atoms with Gasteiger partial charge in [-0.3, -0.25) is 10.4 Å². The van der Waals surface area contributed by atoms with E-state index in [0.717, 1.165) is 10.9 Å². The zero-order valence-corrected chi connectivity index (χ0v) is 10.6. The molecule has 0 unspecified atom stereocenters. The molecule has 0 saturated carbocycles. The molecule has 0 aliphatic heterocycles. The van der Waals surface area contributed by atoms with Crippen LogP contribution in [0.3, 0.4) is 0 Å². The maximum Gasteiger partial charge on any atom is 0.220 e. The molecule has 2 aromatic heterocycles. The average Bonchev–Trinajstić information content (AvgIpc) is 2.48. The van der Waals surface area contributed by atoms with Crippen LogP contribution in [0.25, 0.3) is 10.9 Å². The Morgan fingerprint density at radius 1 is 1.05 bits per heavy atom. The molecule has 0 saturated heterocycles. The Bertz CT molecular complexity index is 780. The fourth-order valence-corrected chi connectivity index (χ4v) is 1.90. The predicted octanol–water partition coefficient (Wildman–Crippen LogP) is 2.71. The molecule has 3 N–H and O–H groups in total. The monoisotopic (exact) mass is 264 g/mol. The zero-order valence-electron chi connectivity index (χ0n) is 10.6. The number of rotatable bonds is 3. The zero-order chi connectivity index (χ0) is 13.9. The van der Waals surface area contributed by atoms with Crippen LogP contribution in [0, 0.1) is 5.41 Å². The minimum Gasteiger partial charge on any atom is -0.437 e. The van der Waals surface area contributed by atoms with Crippen molar-refractivity contribution in [3.05, 3.63) is 60.4 Å². The lowest BCUT2D eigenvalue weighted by atomic mass is 10.2. The van der Waals surface area contributed by atoms with Crippen LogP contribution in [-0.4, -0.2) is 15.8 Å². The van der Waals surface area contributed by atoms with Gasteiger partial charge in [0.1, 0.15) is 11.4 Å². The summed E-state index contributed by atoms with van der Waals surface area (Å²) in [6, 6.07) is 12.8. The number of ether oxygens (including phenoxy) is 1. The van der Waals surface area contributed by atoms with Crippen molar-refractivity contribution in [2.45, 2.75) is 0 Å². The summed E-state index contributed by atoms with van der Waals surface area (Å²) in [5.74, 6) is 0.987. The van der Waals surface area contributed by atoms with E-state index in [-0.39, 0.29) is 5.84 Å². The van der Waals surface area contributed by atoms with Crippen molar-refractivity contribution >= 4 is 16.7 Å². The van der Waals surface area contributed by atoms with Crippen LogP contribution in [0.2, 0.25) is 0 Å². The summed E-state index contributed by atoms with van der Waals surface area (Å²) in [7, 11) is 0. The van der Waals surface area contributed by atoms with Crippen molar-refractivity contribution in [2.24, 2.45) is 5.73 Å². The average molecular weight is 264 g/mol. The van der Waals surface area contributed by atoms with Gasteiger partial charge in [-0.15, -0.1) is 0 Å².